The van der Waals surface area contributed by atoms with Crippen molar-refractivity contribution in [2.24, 2.45) is 0 Å². The molecule has 0 aliphatic carbocycles. The molecule has 0 heterocycles. The van der Waals surface area contributed by atoms with Gasteiger partial charge >= 0.3 is 0 Å². The third-order valence-corrected chi connectivity index (χ3v) is 2.32. The molecule has 0 aliphatic heterocycles. The summed E-state index contributed by atoms with van der Waals surface area (Å²) < 4.78 is 27.0. The van der Waals surface area contributed by atoms with Crippen LogP contribution in [0.4, 0.5) is 8.78 Å². The van der Waals surface area contributed by atoms with E-state index in [2.05, 4.69) is 13.2 Å². The molecule has 0 saturated carbocycles. The second-order valence-corrected chi connectivity index (χ2v) is 3.30. The Hall–Kier alpha value is -1.44. The minimum Gasteiger partial charge on any atom is -0.242 e. The number of hydrogen-bond donors (Lipinski definition) is 0. The fourth-order valence-corrected chi connectivity index (χ4v) is 1.51. The Labute approximate surface area is 88.9 Å². The summed E-state index contributed by atoms with van der Waals surface area (Å²) in [6.45, 7) is 6.70. The van der Waals surface area contributed by atoms with E-state index in [4.69, 9.17) is 0 Å². The SMILES string of the molecule is C=CC(F)C(c1ccccc1)C(F)C=C. The van der Waals surface area contributed by atoms with Crippen LogP contribution in [-0.2, 0) is 0 Å². The summed E-state index contributed by atoms with van der Waals surface area (Å²) in [6, 6.07) is 8.73. The second-order valence-electron chi connectivity index (χ2n) is 3.30. The van der Waals surface area contributed by atoms with E-state index in [1.807, 2.05) is 6.07 Å². The van der Waals surface area contributed by atoms with E-state index in [1.165, 1.54) is 0 Å². The Balaban J connectivity index is 3.01. The lowest BCUT2D eigenvalue weighted by Gasteiger charge is -2.20. The molecule has 0 saturated heterocycles. The van der Waals surface area contributed by atoms with E-state index in [1.54, 1.807) is 24.3 Å². The van der Waals surface area contributed by atoms with Crippen LogP contribution in [0.2, 0.25) is 0 Å². The molecule has 0 spiro atoms. The normalized spacial score (nSPS) is 16.4. The summed E-state index contributed by atoms with van der Waals surface area (Å²) in [4.78, 5) is 0. The highest BCUT2D eigenvalue weighted by Gasteiger charge is 2.27. The molecule has 15 heavy (non-hydrogen) atoms. The number of allylic oxidation sites excluding steroid dienone is 2. The predicted molar refractivity (Wildman–Crippen MR) is 59.4 cm³/mol. The van der Waals surface area contributed by atoms with Gasteiger partial charge in [0.25, 0.3) is 0 Å². The van der Waals surface area contributed by atoms with Gasteiger partial charge in [0.2, 0.25) is 0 Å². The molecule has 0 fully saturated rings. The topological polar surface area (TPSA) is 0 Å². The molecule has 2 heteroatoms. The van der Waals surface area contributed by atoms with Gasteiger partial charge in [-0.1, -0.05) is 42.5 Å². The van der Waals surface area contributed by atoms with Gasteiger partial charge in [-0.15, -0.1) is 13.2 Å². The number of hydrogen-bond acceptors (Lipinski definition) is 0. The summed E-state index contributed by atoms with van der Waals surface area (Å²) in [5, 5.41) is 0. The Bertz CT molecular complexity index is 305. The zero-order valence-corrected chi connectivity index (χ0v) is 8.44. The van der Waals surface area contributed by atoms with Crippen LogP contribution in [0, 0.1) is 0 Å². The molecular weight excluding hydrogens is 194 g/mol. The third-order valence-electron chi connectivity index (χ3n) is 2.32. The van der Waals surface area contributed by atoms with Gasteiger partial charge in [0.1, 0.15) is 12.3 Å². The highest BCUT2D eigenvalue weighted by molar-refractivity contribution is 5.25. The van der Waals surface area contributed by atoms with Crippen LogP contribution in [0.5, 0.6) is 0 Å². The Morgan fingerprint density at radius 3 is 1.80 bits per heavy atom. The molecule has 2 unspecified atom stereocenters. The predicted octanol–water partition coefficient (Wildman–Crippen LogP) is 3.82. The number of benzene rings is 1. The third kappa shape index (κ3) is 2.75. The van der Waals surface area contributed by atoms with Gasteiger partial charge in [0.15, 0.2) is 0 Å². The zero-order chi connectivity index (χ0) is 11.3. The zero-order valence-electron chi connectivity index (χ0n) is 8.44. The lowest BCUT2D eigenvalue weighted by molar-refractivity contribution is 0.245. The minimum absolute atomic E-state index is 0.623. The van der Waals surface area contributed by atoms with Crippen LogP contribution in [-0.4, -0.2) is 12.3 Å². The summed E-state index contributed by atoms with van der Waals surface area (Å²) in [6.07, 6.45) is -0.567. The summed E-state index contributed by atoms with van der Waals surface area (Å²) >= 11 is 0. The maximum absolute atomic E-state index is 13.5. The highest BCUT2D eigenvalue weighted by Crippen LogP contribution is 2.29. The standard InChI is InChI=1S/C13H14F2/c1-3-11(14)13(12(15)4-2)10-8-6-5-7-9-10/h3-9,11-13H,1-2H2. The van der Waals surface area contributed by atoms with Crippen molar-refractivity contribution in [2.75, 3.05) is 0 Å². The second kappa shape index (κ2) is 5.44. The van der Waals surface area contributed by atoms with Crippen molar-refractivity contribution in [3.8, 4) is 0 Å². The number of halogens is 2. The molecule has 2 atom stereocenters. The van der Waals surface area contributed by atoms with Crippen LogP contribution in [0.15, 0.2) is 55.6 Å². The molecule has 80 valence electrons. The monoisotopic (exact) mass is 208 g/mol. The highest BCUT2D eigenvalue weighted by atomic mass is 19.1. The van der Waals surface area contributed by atoms with Crippen molar-refractivity contribution in [3.05, 3.63) is 61.2 Å². The molecule has 0 bridgehead atoms. The summed E-state index contributed by atoms with van der Waals surface area (Å²) in [5.41, 5.74) is 0.623. The fourth-order valence-electron chi connectivity index (χ4n) is 1.51. The lowest BCUT2D eigenvalue weighted by Crippen LogP contribution is -2.21. The van der Waals surface area contributed by atoms with E-state index in [0.29, 0.717) is 5.56 Å². The van der Waals surface area contributed by atoms with E-state index >= 15 is 0 Å². The molecular formula is C13H14F2. The van der Waals surface area contributed by atoms with Gasteiger partial charge < -0.3 is 0 Å². The molecule has 1 aromatic carbocycles. The summed E-state index contributed by atoms with van der Waals surface area (Å²) in [7, 11) is 0. The van der Waals surface area contributed by atoms with Gasteiger partial charge in [-0.3, -0.25) is 0 Å². The Morgan fingerprint density at radius 2 is 1.40 bits per heavy atom. The van der Waals surface area contributed by atoms with E-state index in [0.717, 1.165) is 12.2 Å². The maximum Gasteiger partial charge on any atom is 0.128 e. The van der Waals surface area contributed by atoms with Crippen molar-refractivity contribution in [1.29, 1.82) is 0 Å². The van der Waals surface area contributed by atoms with E-state index in [9.17, 15) is 8.78 Å². The quantitative estimate of drug-likeness (QED) is 0.645. The fraction of sp³-hybridized carbons (Fsp3) is 0.231. The maximum atomic E-state index is 13.5. The van der Waals surface area contributed by atoms with Crippen molar-refractivity contribution in [2.45, 2.75) is 18.3 Å². The van der Waals surface area contributed by atoms with Crippen molar-refractivity contribution < 1.29 is 8.78 Å². The largest absolute Gasteiger partial charge is 0.242 e. The van der Waals surface area contributed by atoms with Crippen LogP contribution in [0.3, 0.4) is 0 Å². The van der Waals surface area contributed by atoms with Gasteiger partial charge in [0, 0.05) is 0 Å². The van der Waals surface area contributed by atoms with Gasteiger partial charge in [-0.05, 0) is 5.56 Å². The van der Waals surface area contributed by atoms with Crippen LogP contribution in [0.1, 0.15) is 11.5 Å². The average Bonchev–Trinajstić information content (AvgIpc) is 2.30. The van der Waals surface area contributed by atoms with Crippen molar-refractivity contribution in [1.82, 2.24) is 0 Å². The molecule has 0 nitrogen and oxygen atoms in total. The van der Waals surface area contributed by atoms with Crippen molar-refractivity contribution >= 4 is 0 Å². The summed E-state index contributed by atoms with van der Waals surface area (Å²) in [5.74, 6) is -0.846. The number of rotatable bonds is 5. The molecule has 1 aromatic rings. The van der Waals surface area contributed by atoms with E-state index in [-0.39, 0.29) is 0 Å². The van der Waals surface area contributed by atoms with Gasteiger partial charge in [0.05, 0.1) is 5.92 Å². The van der Waals surface area contributed by atoms with Crippen LogP contribution >= 0.6 is 0 Å². The minimum atomic E-state index is -1.40. The number of alkyl halides is 2. The van der Waals surface area contributed by atoms with Crippen molar-refractivity contribution in [3.63, 3.8) is 0 Å². The smallest absolute Gasteiger partial charge is 0.128 e. The van der Waals surface area contributed by atoms with E-state index < -0.39 is 18.3 Å². The first-order valence-corrected chi connectivity index (χ1v) is 4.79. The Kier molecular flexibility index (Phi) is 4.22. The lowest BCUT2D eigenvalue weighted by atomic mass is 9.90. The molecule has 0 amide bonds. The van der Waals surface area contributed by atoms with Crippen LogP contribution in [0.25, 0.3) is 0 Å². The Morgan fingerprint density at radius 1 is 0.933 bits per heavy atom. The average molecular weight is 208 g/mol. The first-order chi connectivity index (χ1) is 7.20. The molecule has 0 aliphatic rings. The first-order valence-electron chi connectivity index (χ1n) is 4.79. The van der Waals surface area contributed by atoms with Crippen LogP contribution < -0.4 is 0 Å². The first kappa shape index (κ1) is 11.6. The van der Waals surface area contributed by atoms with Gasteiger partial charge in [-0.2, -0.15) is 0 Å². The van der Waals surface area contributed by atoms with Gasteiger partial charge in [-0.25, -0.2) is 8.78 Å². The molecule has 0 aromatic heterocycles. The molecule has 0 radical (unpaired) electrons. The molecule has 0 N–H and O–H groups in total. The molecule has 1 rings (SSSR count).